The quantitative estimate of drug-likeness (QED) is 0.934. The summed E-state index contributed by atoms with van der Waals surface area (Å²) in [4.78, 5) is 4.88. The van der Waals surface area contributed by atoms with Gasteiger partial charge in [-0.3, -0.25) is 10.00 Å². The minimum Gasteiger partial charge on any atom is -0.497 e. The Balaban J connectivity index is 1.54. The van der Waals surface area contributed by atoms with Crippen LogP contribution in [0.3, 0.4) is 0 Å². The van der Waals surface area contributed by atoms with Crippen LogP contribution in [0.2, 0.25) is 0 Å². The highest BCUT2D eigenvalue weighted by Gasteiger charge is 2.18. The van der Waals surface area contributed by atoms with E-state index in [-0.39, 0.29) is 0 Å². The fourth-order valence-corrected chi connectivity index (χ4v) is 2.74. The second kappa shape index (κ2) is 6.18. The van der Waals surface area contributed by atoms with Crippen molar-refractivity contribution in [3.8, 4) is 5.75 Å². The molecule has 2 heterocycles. The molecule has 0 unspecified atom stereocenters. The normalized spacial score (nSPS) is 16.2. The molecule has 0 spiro atoms. The number of ether oxygens (including phenoxy) is 1. The first-order valence-corrected chi connectivity index (χ1v) is 7.37. The molecule has 0 atom stereocenters. The second-order valence-corrected chi connectivity index (χ2v) is 5.50. The fourth-order valence-electron chi connectivity index (χ4n) is 2.74. The van der Waals surface area contributed by atoms with Crippen LogP contribution in [0.15, 0.2) is 30.3 Å². The van der Waals surface area contributed by atoms with E-state index < -0.39 is 0 Å². The average Bonchev–Trinajstić information content (AvgIpc) is 2.93. The molecule has 3 rings (SSSR count). The standard InChI is InChI=1S/C16H22N4O/c1-13-11-14(18-17-13)12-19-7-9-20(10-8-19)15-3-5-16(21-2)6-4-15/h3-6,11H,7-10,12H2,1-2H3,(H,17,18). The number of piperazine rings is 1. The van der Waals surface area contributed by atoms with Crippen LogP contribution in [-0.2, 0) is 6.54 Å². The molecule has 5 nitrogen and oxygen atoms in total. The van der Waals surface area contributed by atoms with Crippen molar-refractivity contribution in [3.05, 3.63) is 41.7 Å². The van der Waals surface area contributed by atoms with Crippen molar-refractivity contribution in [3.63, 3.8) is 0 Å². The van der Waals surface area contributed by atoms with E-state index in [1.54, 1.807) is 7.11 Å². The van der Waals surface area contributed by atoms with E-state index >= 15 is 0 Å². The SMILES string of the molecule is COc1ccc(N2CCN(Cc3cc(C)[nH]n3)CC2)cc1. The van der Waals surface area contributed by atoms with Crippen molar-refractivity contribution in [2.24, 2.45) is 0 Å². The number of nitrogens with zero attached hydrogens (tertiary/aromatic N) is 3. The first-order valence-electron chi connectivity index (χ1n) is 7.37. The molecule has 1 saturated heterocycles. The third-order valence-corrected chi connectivity index (χ3v) is 3.95. The number of nitrogens with one attached hydrogen (secondary N) is 1. The number of benzene rings is 1. The summed E-state index contributed by atoms with van der Waals surface area (Å²) in [7, 11) is 1.70. The van der Waals surface area contributed by atoms with E-state index in [0.717, 1.165) is 49.9 Å². The van der Waals surface area contributed by atoms with Gasteiger partial charge in [0.1, 0.15) is 5.75 Å². The van der Waals surface area contributed by atoms with Gasteiger partial charge < -0.3 is 9.64 Å². The lowest BCUT2D eigenvalue weighted by Gasteiger charge is -2.35. The molecule has 0 saturated carbocycles. The molecule has 1 N–H and O–H groups in total. The van der Waals surface area contributed by atoms with Gasteiger partial charge in [0.25, 0.3) is 0 Å². The predicted octanol–water partition coefficient (Wildman–Crippen LogP) is 2.05. The van der Waals surface area contributed by atoms with Crippen molar-refractivity contribution in [2.45, 2.75) is 13.5 Å². The number of hydrogen-bond acceptors (Lipinski definition) is 4. The first kappa shape index (κ1) is 13.9. The molecule has 112 valence electrons. The maximum Gasteiger partial charge on any atom is 0.119 e. The maximum absolute atomic E-state index is 5.21. The monoisotopic (exact) mass is 286 g/mol. The summed E-state index contributed by atoms with van der Waals surface area (Å²) in [6, 6.07) is 10.4. The van der Waals surface area contributed by atoms with Gasteiger partial charge in [0.15, 0.2) is 0 Å². The Morgan fingerprint density at radius 1 is 1.14 bits per heavy atom. The van der Waals surface area contributed by atoms with E-state index in [1.165, 1.54) is 5.69 Å². The lowest BCUT2D eigenvalue weighted by atomic mass is 10.2. The lowest BCUT2D eigenvalue weighted by molar-refractivity contribution is 0.247. The van der Waals surface area contributed by atoms with E-state index in [0.29, 0.717) is 0 Å². The van der Waals surface area contributed by atoms with E-state index in [4.69, 9.17) is 4.74 Å². The summed E-state index contributed by atoms with van der Waals surface area (Å²) in [6.07, 6.45) is 0. The van der Waals surface area contributed by atoms with E-state index in [2.05, 4.69) is 38.2 Å². The van der Waals surface area contributed by atoms with Gasteiger partial charge in [0.05, 0.1) is 12.8 Å². The number of aromatic amines is 1. The van der Waals surface area contributed by atoms with Crippen LogP contribution in [0, 0.1) is 6.92 Å². The predicted molar refractivity (Wildman–Crippen MR) is 83.8 cm³/mol. The first-order chi connectivity index (χ1) is 10.2. The average molecular weight is 286 g/mol. The fraction of sp³-hybridized carbons (Fsp3) is 0.438. The van der Waals surface area contributed by atoms with Gasteiger partial charge >= 0.3 is 0 Å². The molecule has 1 fully saturated rings. The Kier molecular flexibility index (Phi) is 4.10. The van der Waals surface area contributed by atoms with Crippen molar-refractivity contribution in [1.82, 2.24) is 15.1 Å². The second-order valence-electron chi connectivity index (χ2n) is 5.50. The summed E-state index contributed by atoms with van der Waals surface area (Å²) >= 11 is 0. The van der Waals surface area contributed by atoms with Gasteiger partial charge in [-0.1, -0.05) is 0 Å². The van der Waals surface area contributed by atoms with Crippen LogP contribution in [0.25, 0.3) is 0 Å². The van der Waals surface area contributed by atoms with Gasteiger partial charge in [-0.05, 0) is 37.3 Å². The van der Waals surface area contributed by atoms with Crippen LogP contribution in [0.4, 0.5) is 5.69 Å². The third kappa shape index (κ3) is 3.36. The summed E-state index contributed by atoms with van der Waals surface area (Å²) < 4.78 is 5.21. The molecule has 0 bridgehead atoms. The van der Waals surface area contributed by atoms with Crippen molar-refractivity contribution in [2.75, 3.05) is 38.2 Å². The van der Waals surface area contributed by atoms with Crippen LogP contribution in [-0.4, -0.2) is 48.4 Å². The summed E-state index contributed by atoms with van der Waals surface area (Å²) in [5.41, 5.74) is 3.53. The number of hydrogen-bond donors (Lipinski definition) is 1. The highest BCUT2D eigenvalue weighted by Crippen LogP contribution is 2.20. The van der Waals surface area contributed by atoms with Gasteiger partial charge in [-0.2, -0.15) is 5.10 Å². The molecule has 21 heavy (non-hydrogen) atoms. The van der Waals surface area contributed by atoms with E-state index in [1.807, 2.05) is 19.1 Å². The zero-order valence-corrected chi connectivity index (χ0v) is 12.7. The zero-order chi connectivity index (χ0) is 14.7. The molecule has 1 aliphatic heterocycles. The molecular weight excluding hydrogens is 264 g/mol. The molecule has 1 aromatic heterocycles. The number of rotatable bonds is 4. The van der Waals surface area contributed by atoms with Gasteiger partial charge in [0, 0.05) is 44.1 Å². The van der Waals surface area contributed by atoms with Crippen LogP contribution in [0.5, 0.6) is 5.75 Å². The number of aryl methyl sites for hydroxylation is 1. The minimum atomic E-state index is 0.909. The minimum absolute atomic E-state index is 0.909. The number of H-pyrrole nitrogens is 1. The van der Waals surface area contributed by atoms with Crippen LogP contribution < -0.4 is 9.64 Å². The Morgan fingerprint density at radius 2 is 1.86 bits per heavy atom. The molecule has 0 amide bonds. The summed E-state index contributed by atoms with van der Waals surface area (Å²) in [5, 5.41) is 7.32. The van der Waals surface area contributed by atoms with Gasteiger partial charge in [-0.15, -0.1) is 0 Å². The van der Waals surface area contributed by atoms with Gasteiger partial charge in [0.2, 0.25) is 0 Å². The lowest BCUT2D eigenvalue weighted by Crippen LogP contribution is -2.46. The number of aromatic nitrogens is 2. The van der Waals surface area contributed by atoms with Crippen LogP contribution in [0.1, 0.15) is 11.4 Å². The molecular formula is C16H22N4O. The highest BCUT2D eigenvalue weighted by atomic mass is 16.5. The molecule has 1 aromatic carbocycles. The number of methoxy groups -OCH3 is 1. The highest BCUT2D eigenvalue weighted by molar-refractivity contribution is 5.49. The summed E-state index contributed by atoms with van der Waals surface area (Å²) in [5.74, 6) is 0.909. The Labute approximate surface area is 125 Å². The maximum atomic E-state index is 5.21. The molecule has 0 radical (unpaired) electrons. The zero-order valence-electron chi connectivity index (χ0n) is 12.7. The largest absolute Gasteiger partial charge is 0.497 e. The third-order valence-electron chi connectivity index (χ3n) is 3.95. The van der Waals surface area contributed by atoms with Crippen molar-refractivity contribution in [1.29, 1.82) is 0 Å². The smallest absolute Gasteiger partial charge is 0.119 e. The molecule has 5 heteroatoms. The Bertz CT molecular complexity index is 570. The molecule has 1 aliphatic rings. The topological polar surface area (TPSA) is 44.4 Å². The van der Waals surface area contributed by atoms with Gasteiger partial charge in [-0.25, -0.2) is 0 Å². The van der Waals surface area contributed by atoms with Crippen molar-refractivity contribution < 1.29 is 4.74 Å². The van der Waals surface area contributed by atoms with Crippen LogP contribution >= 0.6 is 0 Å². The Hall–Kier alpha value is -2.01. The molecule has 0 aliphatic carbocycles. The van der Waals surface area contributed by atoms with E-state index in [9.17, 15) is 0 Å². The number of anilines is 1. The Morgan fingerprint density at radius 3 is 2.43 bits per heavy atom. The summed E-state index contributed by atoms with van der Waals surface area (Å²) in [6.45, 7) is 7.21. The van der Waals surface area contributed by atoms with Crippen molar-refractivity contribution >= 4 is 5.69 Å². The molecule has 2 aromatic rings.